The Morgan fingerprint density at radius 1 is 1.18 bits per heavy atom. The van der Waals surface area contributed by atoms with Crippen LogP contribution >= 0.6 is 0 Å². The highest BCUT2D eigenvalue weighted by molar-refractivity contribution is 5.93. The van der Waals surface area contributed by atoms with E-state index in [1.165, 1.54) is 17.7 Å². The van der Waals surface area contributed by atoms with E-state index in [-0.39, 0.29) is 23.2 Å². The second kappa shape index (κ2) is 9.33. The number of carbonyl (C=O) groups excluding carboxylic acids is 1. The highest BCUT2D eigenvalue weighted by Gasteiger charge is 2.32. The van der Waals surface area contributed by atoms with Crippen molar-refractivity contribution in [1.29, 1.82) is 0 Å². The van der Waals surface area contributed by atoms with Crippen molar-refractivity contribution in [1.82, 2.24) is 19.9 Å². The SMILES string of the molecule is CCCc1c(C(=O)N2CCC(Oc3cccc(F)c3)C2)nnn1-c1ccc(C(C)(C)C)cc1. The minimum Gasteiger partial charge on any atom is -0.488 e. The molecule has 1 fully saturated rings. The van der Waals surface area contributed by atoms with Crippen LogP contribution in [0.4, 0.5) is 4.39 Å². The molecule has 0 aliphatic carbocycles. The van der Waals surface area contributed by atoms with Crippen molar-refractivity contribution in [2.24, 2.45) is 0 Å². The Bertz CT molecular complexity index is 1120. The molecule has 174 valence electrons. The first-order valence-electron chi connectivity index (χ1n) is 11.5. The predicted molar refractivity (Wildman–Crippen MR) is 125 cm³/mol. The van der Waals surface area contributed by atoms with Gasteiger partial charge in [-0.25, -0.2) is 9.07 Å². The summed E-state index contributed by atoms with van der Waals surface area (Å²) < 4.78 is 21.1. The fraction of sp³-hybridized carbons (Fsp3) is 0.423. The highest BCUT2D eigenvalue weighted by atomic mass is 19.1. The van der Waals surface area contributed by atoms with Crippen molar-refractivity contribution in [3.05, 3.63) is 71.3 Å². The zero-order valence-electron chi connectivity index (χ0n) is 19.7. The lowest BCUT2D eigenvalue weighted by atomic mass is 9.87. The quantitative estimate of drug-likeness (QED) is 0.533. The molecule has 0 bridgehead atoms. The number of likely N-dealkylation sites (tertiary alicyclic amines) is 1. The van der Waals surface area contributed by atoms with Crippen LogP contribution in [0.5, 0.6) is 5.75 Å². The number of benzene rings is 2. The fourth-order valence-electron chi connectivity index (χ4n) is 4.13. The Labute approximate surface area is 194 Å². The second-order valence-corrected chi connectivity index (χ2v) is 9.58. The average molecular weight is 451 g/mol. The molecule has 1 amide bonds. The third-order valence-electron chi connectivity index (χ3n) is 5.96. The van der Waals surface area contributed by atoms with E-state index in [4.69, 9.17) is 4.74 Å². The Balaban J connectivity index is 1.52. The van der Waals surface area contributed by atoms with Crippen molar-refractivity contribution in [3.8, 4) is 11.4 Å². The smallest absolute Gasteiger partial charge is 0.276 e. The van der Waals surface area contributed by atoms with E-state index in [1.807, 2.05) is 12.1 Å². The summed E-state index contributed by atoms with van der Waals surface area (Å²) in [5.41, 5.74) is 3.41. The van der Waals surface area contributed by atoms with E-state index in [1.54, 1.807) is 21.7 Å². The molecular weight excluding hydrogens is 419 g/mol. The lowest BCUT2D eigenvalue weighted by molar-refractivity contribution is 0.0765. The highest BCUT2D eigenvalue weighted by Crippen LogP contribution is 2.25. The molecule has 1 aliphatic rings. The van der Waals surface area contributed by atoms with Crippen molar-refractivity contribution in [2.45, 2.75) is 58.5 Å². The lowest BCUT2D eigenvalue weighted by Crippen LogP contribution is -2.32. The Kier molecular flexibility index (Phi) is 6.49. The molecule has 4 rings (SSSR count). The monoisotopic (exact) mass is 450 g/mol. The maximum Gasteiger partial charge on any atom is 0.276 e. The van der Waals surface area contributed by atoms with Gasteiger partial charge in [-0.05, 0) is 41.7 Å². The molecule has 3 aromatic rings. The second-order valence-electron chi connectivity index (χ2n) is 9.58. The summed E-state index contributed by atoms with van der Waals surface area (Å²) in [6.45, 7) is 9.62. The van der Waals surface area contributed by atoms with Gasteiger partial charge in [-0.2, -0.15) is 0 Å². The van der Waals surface area contributed by atoms with Crippen LogP contribution in [0.3, 0.4) is 0 Å². The molecule has 33 heavy (non-hydrogen) atoms. The predicted octanol–water partition coefficient (Wildman–Crippen LogP) is 4.95. The number of halogens is 1. The first-order chi connectivity index (χ1) is 15.8. The van der Waals surface area contributed by atoms with Gasteiger partial charge in [0, 0.05) is 19.0 Å². The van der Waals surface area contributed by atoms with Gasteiger partial charge < -0.3 is 9.64 Å². The Hall–Kier alpha value is -3.22. The van der Waals surface area contributed by atoms with Crippen LogP contribution in [0.1, 0.15) is 62.3 Å². The number of hydrogen-bond donors (Lipinski definition) is 0. The first kappa shape index (κ1) is 23.0. The van der Waals surface area contributed by atoms with Crippen molar-refractivity contribution < 1.29 is 13.9 Å². The molecule has 0 saturated carbocycles. The van der Waals surface area contributed by atoms with Gasteiger partial charge in [0.15, 0.2) is 5.69 Å². The molecule has 0 radical (unpaired) electrons. The number of ether oxygens (including phenoxy) is 1. The number of hydrogen-bond acceptors (Lipinski definition) is 4. The van der Waals surface area contributed by atoms with Crippen molar-refractivity contribution in [2.75, 3.05) is 13.1 Å². The van der Waals surface area contributed by atoms with E-state index in [9.17, 15) is 9.18 Å². The van der Waals surface area contributed by atoms with Gasteiger partial charge in [0.25, 0.3) is 5.91 Å². The fourth-order valence-corrected chi connectivity index (χ4v) is 4.13. The minimum absolute atomic E-state index is 0.0636. The summed E-state index contributed by atoms with van der Waals surface area (Å²) in [4.78, 5) is 15.1. The van der Waals surface area contributed by atoms with Gasteiger partial charge in [-0.1, -0.05) is 57.5 Å². The van der Waals surface area contributed by atoms with E-state index in [0.29, 0.717) is 37.4 Å². The van der Waals surface area contributed by atoms with Crippen molar-refractivity contribution in [3.63, 3.8) is 0 Å². The molecule has 2 heterocycles. The summed E-state index contributed by atoms with van der Waals surface area (Å²) in [5, 5.41) is 8.61. The molecular formula is C26H31FN4O2. The minimum atomic E-state index is -0.338. The molecule has 1 aromatic heterocycles. The number of amides is 1. The molecule has 7 heteroatoms. The maximum atomic E-state index is 13.4. The molecule has 0 spiro atoms. The van der Waals surface area contributed by atoms with Gasteiger partial charge in [-0.3, -0.25) is 4.79 Å². The summed E-state index contributed by atoms with van der Waals surface area (Å²) >= 11 is 0. The molecule has 1 aliphatic heterocycles. The molecule has 6 nitrogen and oxygen atoms in total. The summed E-state index contributed by atoms with van der Waals surface area (Å²) in [6, 6.07) is 14.3. The van der Waals surface area contributed by atoms with Crippen LogP contribution < -0.4 is 4.74 Å². The number of nitrogens with zero attached hydrogens (tertiary/aromatic N) is 4. The van der Waals surface area contributed by atoms with Gasteiger partial charge in [0.2, 0.25) is 0 Å². The number of rotatable bonds is 6. The molecule has 0 N–H and O–H groups in total. The third-order valence-corrected chi connectivity index (χ3v) is 5.96. The van der Waals surface area contributed by atoms with Crippen LogP contribution in [0, 0.1) is 5.82 Å². The Morgan fingerprint density at radius 2 is 1.94 bits per heavy atom. The zero-order chi connectivity index (χ0) is 23.6. The van der Waals surface area contributed by atoms with Gasteiger partial charge in [-0.15, -0.1) is 5.10 Å². The molecule has 1 atom stereocenters. The van der Waals surface area contributed by atoms with E-state index in [2.05, 4.69) is 50.1 Å². The maximum absolute atomic E-state index is 13.4. The largest absolute Gasteiger partial charge is 0.488 e. The average Bonchev–Trinajstić information content (AvgIpc) is 3.40. The van der Waals surface area contributed by atoms with Crippen LogP contribution in [-0.4, -0.2) is 45.0 Å². The van der Waals surface area contributed by atoms with E-state index in [0.717, 1.165) is 17.8 Å². The van der Waals surface area contributed by atoms with Crippen LogP contribution in [-0.2, 0) is 11.8 Å². The molecule has 1 unspecified atom stereocenters. The zero-order valence-corrected chi connectivity index (χ0v) is 19.7. The van der Waals surface area contributed by atoms with Crippen LogP contribution in [0.15, 0.2) is 48.5 Å². The summed E-state index contributed by atoms with van der Waals surface area (Å²) in [6.07, 6.45) is 2.09. The summed E-state index contributed by atoms with van der Waals surface area (Å²) in [7, 11) is 0. The number of aromatic nitrogens is 3. The van der Waals surface area contributed by atoms with Crippen LogP contribution in [0.2, 0.25) is 0 Å². The molecule has 2 aromatic carbocycles. The Morgan fingerprint density at radius 3 is 2.61 bits per heavy atom. The molecule has 1 saturated heterocycles. The normalized spacial score (nSPS) is 16.3. The first-order valence-corrected chi connectivity index (χ1v) is 11.5. The lowest BCUT2D eigenvalue weighted by Gasteiger charge is -2.19. The van der Waals surface area contributed by atoms with Gasteiger partial charge >= 0.3 is 0 Å². The standard InChI is InChI=1S/C26H31FN4O2/c1-5-7-23-24(28-29-31(23)20-12-10-18(11-13-20)26(2,3)4)25(32)30-15-14-22(17-30)33-21-9-6-8-19(27)16-21/h6,8-13,16,22H,5,7,14-15,17H2,1-4H3. The number of carbonyl (C=O) groups is 1. The van der Waals surface area contributed by atoms with E-state index < -0.39 is 0 Å². The third kappa shape index (κ3) is 5.07. The van der Waals surface area contributed by atoms with Gasteiger partial charge in [0.05, 0.1) is 17.9 Å². The topological polar surface area (TPSA) is 60.3 Å². The van der Waals surface area contributed by atoms with Gasteiger partial charge in [0.1, 0.15) is 17.7 Å². The van der Waals surface area contributed by atoms with Crippen molar-refractivity contribution >= 4 is 5.91 Å². The van der Waals surface area contributed by atoms with Crippen LogP contribution in [0.25, 0.3) is 5.69 Å². The van der Waals surface area contributed by atoms with E-state index >= 15 is 0 Å². The summed E-state index contributed by atoms with van der Waals surface area (Å²) in [5.74, 6) is 0.00163.